The van der Waals surface area contributed by atoms with Crippen LogP contribution in [0, 0.1) is 0 Å². The number of nitrogens with zero attached hydrogens (tertiary/aromatic N) is 2. The molecule has 0 N–H and O–H groups in total. The van der Waals surface area contributed by atoms with Gasteiger partial charge in [0.25, 0.3) is 0 Å². The molecule has 0 saturated heterocycles. The number of hydrogen-bond acceptors (Lipinski definition) is 5. The van der Waals surface area contributed by atoms with Crippen molar-refractivity contribution in [1.82, 2.24) is 9.80 Å². The molecule has 0 aromatic carbocycles. The van der Waals surface area contributed by atoms with Crippen LogP contribution in [0.2, 0.25) is 0 Å². The first kappa shape index (κ1) is 15.2. The summed E-state index contributed by atoms with van der Waals surface area (Å²) in [6, 6.07) is 3.60. The molecule has 1 rings (SSSR count). The van der Waals surface area contributed by atoms with Crippen LogP contribution in [-0.2, 0) is 20.9 Å². The van der Waals surface area contributed by atoms with Gasteiger partial charge in [-0.3, -0.25) is 14.5 Å². The Bertz CT molecular complexity index is 403. The number of esters is 1. The van der Waals surface area contributed by atoms with Crippen molar-refractivity contribution in [2.45, 2.75) is 13.5 Å². The topological polar surface area (TPSA) is 63.0 Å². The number of hydrogen-bond donors (Lipinski definition) is 0. The normalized spacial score (nSPS) is 10.5. The van der Waals surface area contributed by atoms with Crippen LogP contribution in [0.3, 0.4) is 0 Å². The Morgan fingerprint density at radius 1 is 1.37 bits per heavy atom. The minimum absolute atomic E-state index is 0.0675. The van der Waals surface area contributed by atoms with E-state index in [2.05, 4.69) is 4.74 Å². The fourth-order valence-corrected chi connectivity index (χ4v) is 1.56. The maximum atomic E-state index is 12.0. The van der Waals surface area contributed by atoms with Crippen LogP contribution in [0.4, 0.5) is 0 Å². The molecule has 0 radical (unpaired) electrons. The fourth-order valence-electron chi connectivity index (χ4n) is 1.56. The molecule has 1 heterocycles. The van der Waals surface area contributed by atoms with Crippen molar-refractivity contribution < 1.29 is 18.7 Å². The molecule has 1 aromatic heterocycles. The first-order valence-electron chi connectivity index (χ1n) is 6.12. The summed E-state index contributed by atoms with van der Waals surface area (Å²) < 4.78 is 9.78. The lowest BCUT2D eigenvalue weighted by atomic mass is 10.3. The van der Waals surface area contributed by atoms with E-state index in [-0.39, 0.29) is 25.0 Å². The zero-order valence-electron chi connectivity index (χ0n) is 11.6. The number of carbonyl (C=O) groups is 2. The molecule has 0 saturated carbocycles. The van der Waals surface area contributed by atoms with Crippen LogP contribution < -0.4 is 0 Å². The van der Waals surface area contributed by atoms with Gasteiger partial charge in [-0.05, 0) is 18.7 Å². The van der Waals surface area contributed by atoms with E-state index in [9.17, 15) is 9.59 Å². The van der Waals surface area contributed by atoms with Gasteiger partial charge in [0.15, 0.2) is 0 Å². The van der Waals surface area contributed by atoms with E-state index < -0.39 is 0 Å². The van der Waals surface area contributed by atoms with E-state index in [4.69, 9.17) is 4.42 Å². The van der Waals surface area contributed by atoms with Gasteiger partial charge in [-0.2, -0.15) is 0 Å². The Balaban J connectivity index is 2.45. The van der Waals surface area contributed by atoms with Gasteiger partial charge in [-0.1, -0.05) is 6.92 Å². The lowest BCUT2D eigenvalue weighted by Gasteiger charge is -2.22. The molecule has 0 atom stereocenters. The van der Waals surface area contributed by atoms with E-state index in [1.807, 2.05) is 13.0 Å². The molecular formula is C13H20N2O4. The van der Waals surface area contributed by atoms with E-state index in [1.54, 1.807) is 29.2 Å². The Labute approximate surface area is 112 Å². The maximum Gasteiger partial charge on any atom is 0.319 e. The monoisotopic (exact) mass is 268 g/mol. The number of methoxy groups -OCH3 is 1. The highest BCUT2D eigenvalue weighted by atomic mass is 16.5. The summed E-state index contributed by atoms with van der Waals surface area (Å²) in [4.78, 5) is 26.5. The Hall–Kier alpha value is -1.82. The number of amides is 1. The molecule has 0 aliphatic carbocycles. The third-order valence-corrected chi connectivity index (χ3v) is 2.79. The smallest absolute Gasteiger partial charge is 0.319 e. The Kier molecular flexibility index (Phi) is 6.08. The minimum atomic E-state index is -0.344. The summed E-state index contributed by atoms with van der Waals surface area (Å²) in [5.41, 5.74) is 0. The molecule has 0 spiro atoms. The standard InChI is InChI=1S/C13H20N2O4/c1-4-15(10-13(17)18-3)9-12(16)14(2)8-11-6-5-7-19-11/h5-7H,4,8-10H2,1-3H3. The highest BCUT2D eigenvalue weighted by Crippen LogP contribution is 2.04. The number of ether oxygens (including phenoxy) is 1. The summed E-state index contributed by atoms with van der Waals surface area (Å²) in [7, 11) is 3.04. The molecule has 19 heavy (non-hydrogen) atoms. The quantitative estimate of drug-likeness (QED) is 0.682. The molecule has 106 valence electrons. The molecule has 6 nitrogen and oxygen atoms in total. The van der Waals surface area contributed by atoms with Crippen molar-refractivity contribution >= 4 is 11.9 Å². The molecule has 0 aliphatic heterocycles. The predicted molar refractivity (Wildman–Crippen MR) is 69.3 cm³/mol. The molecule has 0 aliphatic rings. The zero-order valence-corrected chi connectivity index (χ0v) is 11.6. The summed E-state index contributed by atoms with van der Waals surface area (Å²) in [5.74, 6) is 0.317. The average Bonchev–Trinajstić information content (AvgIpc) is 2.90. The van der Waals surface area contributed by atoms with Crippen molar-refractivity contribution in [3.8, 4) is 0 Å². The predicted octanol–water partition coefficient (Wildman–Crippen LogP) is 0.733. The third-order valence-electron chi connectivity index (χ3n) is 2.79. The fraction of sp³-hybridized carbons (Fsp3) is 0.538. The van der Waals surface area contributed by atoms with Gasteiger partial charge in [-0.15, -0.1) is 0 Å². The summed E-state index contributed by atoms with van der Waals surface area (Å²) in [5, 5.41) is 0. The van der Waals surface area contributed by atoms with Crippen LogP contribution in [-0.4, -0.2) is 55.5 Å². The highest BCUT2D eigenvalue weighted by Gasteiger charge is 2.16. The molecule has 6 heteroatoms. The Morgan fingerprint density at radius 2 is 2.11 bits per heavy atom. The third kappa shape index (κ3) is 5.13. The van der Waals surface area contributed by atoms with Gasteiger partial charge in [0.1, 0.15) is 5.76 Å². The summed E-state index contributed by atoms with van der Waals surface area (Å²) >= 11 is 0. The second-order valence-corrected chi connectivity index (χ2v) is 4.21. The van der Waals surface area contributed by atoms with Gasteiger partial charge in [0, 0.05) is 7.05 Å². The SMILES string of the molecule is CCN(CC(=O)OC)CC(=O)N(C)Cc1ccco1. The number of rotatable bonds is 7. The van der Waals surface area contributed by atoms with Crippen molar-refractivity contribution in [1.29, 1.82) is 0 Å². The van der Waals surface area contributed by atoms with Crippen molar-refractivity contribution in [3.63, 3.8) is 0 Å². The van der Waals surface area contributed by atoms with Crippen molar-refractivity contribution in [2.75, 3.05) is 33.8 Å². The number of likely N-dealkylation sites (N-methyl/N-ethyl adjacent to an activating group) is 2. The molecule has 1 amide bonds. The van der Waals surface area contributed by atoms with E-state index in [1.165, 1.54) is 7.11 Å². The lowest BCUT2D eigenvalue weighted by molar-refractivity contribution is -0.142. The van der Waals surface area contributed by atoms with Gasteiger partial charge in [0.05, 0.1) is 33.0 Å². The van der Waals surface area contributed by atoms with Crippen LogP contribution in [0.5, 0.6) is 0 Å². The molecule has 0 unspecified atom stereocenters. The first-order chi connectivity index (χ1) is 9.06. The number of furan rings is 1. The van der Waals surface area contributed by atoms with E-state index in [0.29, 0.717) is 13.1 Å². The van der Waals surface area contributed by atoms with Gasteiger partial charge in [0.2, 0.25) is 5.91 Å². The van der Waals surface area contributed by atoms with Crippen molar-refractivity contribution in [2.24, 2.45) is 0 Å². The first-order valence-corrected chi connectivity index (χ1v) is 6.12. The molecule has 0 bridgehead atoms. The largest absolute Gasteiger partial charge is 0.468 e. The van der Waals surface area contributed by atoms with Crippen LogP contribution >= 0.6 is 0 Å². The minimum Gasteiger partial charge on any atom is -0.468 e. The van der Waals surface area contributed by atoms with Crippen LogP contribution in [0.25, 0.3) is 0 Å². The lowest BCUT2D eigenvalue weighted by Crippen LogP contribution is -2.40. The summed E-state index contributed by atoms with van der Waals surface area (Å²) in [6.45, 7) is 3.22. The van der Waals surface area contributed by atoms with Crippen LogP contribution in [0.15, 0.2) is 22.8 Å². The highest BCUT2D eigenvalue weighted by molar-refractivity contribution is 5.79. The van der Waals surface area contributed by atoms with Gasteiger partial charge in [-0.25, -0.2) is 0 Å². The number of carbonyl (C=O) groups excluding carboxylic acids is 2. The Morgan fingerprint density at radius 3 is 2.63 bits per heavy atom. The van der Waals surface area contributed by atoms with Gasteiger partial charge >= 0.3 is 5.97 Å². The second kappa shape index (κ2) is 7.58. The van der Waals surface area contributed by atoms with E-state index in [0.717, 1.165) is 5.76 Å². The maximum absolute atomic E-state index is 12.0. The molecule has 0 fully saturated rings. The van der Waals surface area contributed by atoms with Crippen molar-refractivity contribution in [3.05, 3.63) is 24.2 Å². The molecule has 1 aromatic rings. The summed E-state index contributed by atoms with van der Waals surface area (Å²) in [6.07, 6.45) is 1.57. The van der Waals surface area contributed by atoms with E-state index >= 15 is 0 Å². The second-order valence-electron chi connectivity index (χ2n) is 4.21. The molecular weight excluding hydrogens is 248 g/mol. The average molecular weight is 268 g/mol. The van der Waals surface area contributed by atoms with Gasteiger partial charge < -0.3 is 14.1 Å². The zero-order chi connectivity index (χ0) is 14.3. The van der Waals surface area contributed by atoms with Crippen LogP contribution in [0.1, 0.15) is 12.7 Å².